The van der Waals surface area contributed by atoms with E-state index in [2.05, 4.69) is 10.1 Å². The van der Waals surface area contributed by atoms with Crippen LogP contribution in [-0.4, -0.2) is 23.0 Å². The zero-order valence-corrected chi connectivity index (χ0v) is 11.1. The Labute approximate surface area is 112 Å². The van der Waals surface area contributed by atoms with Gasteiger partial charge in [-0.05, 0) is 0 Å². The number of sulfonamides is 1. The second-order valence-corrected chi connectivity index (χ2v) is 6.55. The van der Waals surface area contributed by atoms with E-state index in [4.69, 9.17) is 5.84 Å². The van der Waals surface area contributed by atoms with Gasteiger partial charge in [0.2, 0.25) is 9.30 Å². The fourth-order valence-electron chi connectivity index (χ4n) is 1.59. The Morgan fingerprint density at radius 2 is 2.00 bits per heavy atom. The Bertz CT molecular complexity index is 791. The number of hydrazine groups is 1. The number of hydrogen-bond acceptors (Lipinski definition) is 6. The molecule has 0 aliphatic carbocycles. The summed E-state index contributed by atoms with van der Waals surface area (Å²) in [5.74, 6) is 4.95. The molecule has 2 aromatic heterocycles. The van der Waals surface area contributed by atoms with E-state index in [0.29, 0.717) is 4.96 Å². The molecule has 3 aromatic rings. The molecule has 0 atom stereocenters. The number of aromatic nitrogens is 3. The molecule has 0 aliphatic rings. The molecule has 2 heterocycles. The average molecular weight is 295 g/mol. The van der Waals surface area contributed by atoms with Crippen LogP contribution in [0, 0.1) is 0 Å². The molecule has 3 N–H and O–H groups in total. The number of hydrogen-bond donors (Lipinski definition) is 2. The summed E-state index contributed by atoms with van der Waals surface area (Å²) in [5, 5.41) is 3.94. The second kappa shape index (κ2) is 4.38. The summed E-state index contributed by atoms with van der Waals surface area (Å²) in [7, 11) is -3.73. The maximum absolute atomic E-state index is 11.5. The quantitative estimate of drug-likeness (QED) is 0.544. The van der Waals surface area contributed by atoms with Gasteiger partial charge >= 0.3 is 0 Å². The van der Waals surface area contributed by atoms with E-state index in [1.54, 1.807) is 11.0 Å². The lowest BCUT2D eigenvalue weighted by molar-refractivity contribution is 0.581. The van der Waals surface area contributed by atoms with Crippen molar-refractivity contribution in [2.45, 2.75) is 4.34 Å². The normalized spacial score (nSPS) is 12.1. The topological polar surface area (TPSA) is 102 Å². The lowest BCUT2D eigenvalue weighted by atomic mass is 10.2. The standard InChI is InChI=1S/C10H9N5O2S2/c11-14-19(16,17)10-13-15-6-8(12-9(15)18-10)7-4-2-1-3-5-7/h1-6,14H,11H2. The summed E-state index contributed by atoms with van der Waals surface area (Å²) < 4.78 is 24.3. The highest BCUT2D eigenvalue weighted by Gasteiger charge is 2.19. The molecular weight excluding hydrogens is 286 g/mol. The first-order valence-corrected chi connectivity index (χ1v) is 7.54. The maximum atomic E-state index is 11.5. The summed E-state index contributed by atoms with van der Waals surface area (Å²) in [6, 6.07) is 9.57. The number of imidazole rings is 1. The Hall–Kier alpha value is -1.81. The zero-order chi connectivity index (χ0) is 13.5. The van der Waals surface area contributed by atoms with E-state index >= 15 is 0 Å². The minimum absolute atomic E-state index is 0.114. The smallest absolute Gasteiger partial charge is 0.257 e. The van der Waals surface area contributed by atoms with Crippen LogP contribution in [0.2, 0.25) is 0 Å². The van der Waals surface area contributed by atoms with Crippen molar-refractivity contribution in [1.29, 1.82) is 0 Å². The predicted octanol–water partition coefficient (Wildman–Crippen LogP) is 0.610. The van der Waals surface area contributed by atoms with Crippen LogP contribution in [0.1, 0.15) is 0 Å². The predicted molar refractivity (Wildman–Crippen MR) is 70.8 cm³/mol. The third-order valence-corrected chi connectivity index (χ3v) is 4.96. The molecule has 19 heavy (non-hydrogen) atoms. The maximum Gasteiger partial charge on any atom is 0.282 e. The third kappa shape index (κ3) is 2.12. The van der Waals surface area contributed by atoms with E-state index < -0.39 is 10.0 Å². The first-order valence-electron chi connectivity index (χ1n) is 5.24. The van der Waals surface area contributed by atoms with Crippen molar-refractivity contribution >= 4 is 26.3 Å². The Morgan fingerprint density at radius 3 is 2.63 bits per heavy atom. The molecule has 0 spiro atoms. The molecule has 9 heteroatoms. The highest BCUT2D eigenvalue weighted by atomic mass is 32.2. The van der Waals surface area contributed by atoms with Crippen LogP contribution >= 0.6 is 11.3 Å². The van der Waals surface area contributed by atoms with E-state index in [1.165, 1.54) is 4.52 Å². The zero-order valence-electron chi connectivity index (χ0n) is 9.52. The van der Waals surface area contributed by atoms with Gasteiger partial charge in [-0.2, -0.15) is 0 Å². The van der Waals surface area contributed by atoms with Crippen molar-refractivity contribution in [2.75, 3.05) is 0 Å². The van der Waals surface area contributed by atoms with Gasteiger partial charge in [0.15, 0.2) is 0 Å². The molecule has 98 valence electrons. The van der Waals surface area contributed by atoms with Gasteiger partial charge in [-0.15, -0.1) is 9.93 Å². The van der Waals surface area contributed by atoms with Crippen LogP contribution < -0.4 is 10.7 Å². The van der Waals surface area contributed by atoms with Gasteiger partial charge in [0.1, 0.15) is 0 Å². The number of benzene rings is 1. The van der Waals surface area contributed by atoms with Gasteiger partial charge in [0, 0.05) is 5.56 Å². The van der Waals surface area contributed by atoms with Crippen LogP contribution in [0.4, 0.5) is 0 Å². The van der Waals surface area contributed by atoms with Crippen LogP contribution in [0.5, 0.6) is 0 Å². The number of nitrogens with two attached hydrogens (primary N) is 1. The van der Waals surface area contributed by atoms with Crippen molar-refractivity contribution in [3.8, 4) is 11.3 Å². The monoisotopic (exact) mass is 295 g/mol. The minimum Gasteiger partial charge on any atom is -0.257 e. The fourth-order valence-corrected chi connectivity index (χ4v) is 3.31. The second-order valence-electron chi connectivity index (χ2n) is 3.71. The van der Waals surface area contributed by atoms with Gasteiger partial charge in [0.25, 0.3) is 10.0 Å². The average Bonchev–Trinajstić information content (AvgIpc) is 2.98. The summed E-state index contributed by atoms with van der Waals surface area (Å²) in [6.07, 6.45) is 1.68. The molecule has 0 radical (unpaired) electrons. The van der Waals surface area contributed by atoms with Crippen molar-refractivity contribution in [3.63, 3.8) is 0 Å². The largest absolute Gasteiger partial charge is 0.282 e. The number of nitrogens with one attached hydrogen (secondary N) is 1. The molecule has 0 aliphatic heterocycles. The highest BCUT2D eigenvalue weighted by Crippen LogP contribution is 2.23. The molecule has 0 amide bonds. The molecule has 0 saturated heterocycles. The van der Waals surface area contributed by atoms with Gasteiger partial charge < -0.3 is 0 Å². The van der Waals surface area contributed by atoms with E-state index in [1.807, 2.05) is 30.3 Å². The van der Waals surface area contributed by atoms with Crippen molar-refractivity contribution in [1.82, 2.24) is 19.4 Å². The van der Waals surface area contributed by atoms with Crippen LogP contribution in [0.15, 0.2) is 40.9 Å². The highest BCUT2D eigenvalue weighted by molar-refractivity contribution is 7.91. The lowest BCUT2D eigenvalue weighted by Crippen LogP contribution is -2.30. The van der Waals surface area contributed by atoms with Gasteiger partial charge in [-0.3, -0.25) is 5.84 Å². The minimum atomic E-state index is -3.73. The van der Waals surface area contributed by atoms with Crippen molar-refractivity contribution in [3.05, 3.63) is 36.5 Å². The lowest BCUT2D eigenvalue weighted by Gasteiger charge is -1.95. The summed E-state index contributed by atoms with van der Waals surface area (Å²) >= 11 is 0.955. The first kappa shape index (κ1) is 12.2. The van der Waals surface area contributed by atoms with Gasteiger partial charge in [-0.25, -0.2) is 17.9 Å². The van der Waals surface area contributed by atoms with Crippen molar-refractivity contribution in [2.24, 2.45) is 5.84 Å². The Kier molecular flexibility index (Phi) is 2.82. The Balaban J connectivity index is 2.08. The molecule has 0 saturated carbocycles. The first-order chi connectivity index (χ1) is 9.10. The van der Waals surface area contributed by atoms with Crippen LogP contribution in [0.3, 0.4) is 0 Å². The SMILES string of the molecule is NNS(=O)(=O)c1nn2cc(-c3ccccc3)nc2s1. The van der Waals surface area contributed by atoms with Gasteiger partial charge in [-0.1, -0.05) is 41.7 Å². The molecule has 7 nitrogen and oxygen atoms in total. The summed E-state index contributed by atoms with van der Waals surface area (Å²) in [4.78, 5) is 6.56. The fraction of sp³-hybridized carbons (Fsp3) is 0. The molecule has 0 fully saturated rings. The molecule has 3 rings (SSSR count). The molecular formula is C10H9N5O2S2. The molecule has 0 bridgehead atoms. The van der Waals surface area contributed by atoms with E-state index in [-0.39, 0.29) is 4.34 Å². The summed E-state index contributed by atoms with van der Waals surface area (Å²) in [6.45, 7) is 0. The van der Waals surface area contributed by atoms with Crippen LogP contribution in [0.25, 0.3) is 16.2 Å². The summed E-state index contributed by atoms with van der Waals surface area (Å²) in [5.41, 5.74) is 1.69. The molecule has 0 unspecified atom stereocenters. The number of rotatable bonds is 3. The Morgan fingerprint density at radius 1 is 1.26 bits per heavy atom. The molecule has 1 aromatic carbocycles. The van der Waals surface area contributed by atoms with E-state index in [9.17, 15) is 8.42 Å². The van der Waals surface area contributed by atoms with Crippen molar-refractivity contribution < 1.29 is 8.42 Å². The van der Waals surface area contributed by atoms with Gasteiger partial charge in [0.05, 0.1) is 11.9 Å². The third-order valence-electron chi connectivity index (χ3n) is 2.48. The van der Waals surface area contributed by atoms with Crippen LogP contribution in [-0.2, 0) is 10.0 Å². The number of nitrogens with zero attached hydrogens (tertiary/aromatic N) is 3. The number of fused-ring (bicyclic) bond motifs is 1. The van der Waals surface area contributed by atoms with E-state index in [0.717, 1.165) is 22.6 Å².